The largest absolute Gasteiger partial charge is 0.354 e. The molecule has 2 aromatic carbocycles. The molecular weight excluding hydrogens is 446 g/mol. The summed E-state index contributed by atoms with van der Waals surface area (Å²) in [6.45, 7) is 4.49. The number of carbonyl (C=O) groups is 2. The van der Waals surface area contributed by atoms with Gasteiger partial charge >= 0.3 is 0 Å². The van der Waals surface area contributed by atoms with Gasteiger partial charge in [-0.1, -0.05) is 48.3 Å². The van der Waals surface area contributed by atoms with Gasteiger partial charge in [0.25, 0.3) is 0 Å². The van der Waals surface area contributed by atoms with Crippen LogP contribution in [0.5, 0.6) is 0 Å². The van der Waals surface area contributed by atoms with Crippen LogP contribution in [0.15, 0.2) is 42.5 Å². The summed E-state index contributed by atoms with van der Waals surface area (Å²) in [7, 11) is 0. The summed E-state index contributed by atoms with van der Waals surface area (Å²) in [5.41, 5.74) is 1.24. The Kier molecular flexibility index (Phi) is 9.95. The second-order valence-electron chi connectivity index (χ2n) is 6.81. The summed E-state index contributed by atoms with van der Waals surface area (Å²) in [4.78, 5) is 27.0. The van der Waals surface area contributed by atoms with Gasteiger partial charge in [0.2, 0.25) is 11.8 Å². The molecule has 0 aliphatic carbocycles. The van der Waals surface area contributed by atoms with Crippen molar-refractivity contribution in [3.63, 3.8) is 0 Å². The van der Waals surface area contributed by atoms with E-state index in [2.05, 4.69) is 5.32 Å². The Labute approximate surface area is 191 Å². The fourth-order valence-electron chi connectivity index (χ4n) is 2.76. The Balaban J connectivity index is 2.08. The molecule has 0 aromatic heterocycles. The molecule has 0 aliphatic rings. The molecule has 0 saturated carbocycles. The zero-order valence-corrected chi connectivity index (χ0v) is 19.3. The van der Waals surface area contributed by atoms with Crippen LogP contribution in [0.3, 0.4) is 0 Å². The number of carbonyl (C=O) groups excluding carboxylic acids is 2. The highest BCUT2D eigenvalue weighted by molar-refractivity contribution is 7.99. The lowest BCUT2D eigenvalue weighted by atomic mass is 10.1. The highest BCUT2D eigenvalue weighted by Crippen LogP contribution is 2.24. The minimum absolute atomic E-state index is 0.101. The summed E-state index contributed by atoms with van der Waals surface area (Å²) >= 11 is 13.3. The van der Waals surface area contributed by atoms with E-state index in [0.717, 1.165) is 12.0 Å². The maximum absolute atomic E-state index is 13.9. The highest BCUT2D eigenvalue weighted by atomic mass is 35.5. The zero-order valence-electron chi connectivity index (χ0n) is 17.0. The van der Waals surface area contributed by atoms with E-state index in [-0.39, 0.29) is 29.9 Å². The predicted molar refractivity (Wildman–Crippen MR) is 122 cm³/mol. The number of thioether (sulfide) groups is 1. The van der Waals surface area contributed by atoms with Crippen molar-refractivity contribution in [2.24, 2.45) is 0 Å². The molecule has 0 heterocycles. The normalized spacial score (nSPS) is 11.8. The quantitative estimate of drug-likeness (QED) is 0.511. The molecule has 30 heavy (non-hydrogen) atoms. The first-order valence-corrected chi connectivity index (χ1v) is 11.6. The van der Waals surface area contributed by atoms with Crippen molar-refractivity contribution in [2.75, 3.05) is 12.3 Å². The molecular formula is C22H25Cl2FN2O2S. The molecule has 162 valence electrons. The molecule has 0 radical (unpaired) electrons. The van der Waals surface area contributed by atoms with Gasteiger partial charge in [-0.15, -0.1) is 11.8 Å². The molecule has 8 heteroatoms. The third kappa shape index (κ3) is 7.18. The van der Waals surface area contributed by atoms with Crippen molar-refractivity contribution >= 4 is 46.8 Å². The molecule has 1 N–H and O–H groups in total. The van der Waals surface area contributed by atoms with E-state index < -0.39 is 11.9 Å². The first kappa shape index (κ1) is 24.5. The van der Waals surface area contributed by atoms with Crippen LogP contribution >= 0.6 is 35.0 Å². The van der Waals surface area contributed by atoms with E-state index in [1.807, 2.05) is 19.1 Å². The number of benzene rings is 2. The monoisotopic (exact) mass is 470 g/mol. The predicted octanol–water partition coefficient (Wildman–Crippen LogP) is 5.31. The third-order valence-corrected chi connectivity index (χ3v) is 6.07. The van der Waals surface area contributed by atoms with E-state index in [4.69, 9.17) is 23.2 Å². The molecule has 2 amide bonds. The van der Waals surface area contributed by atoms with Crippen molar-refractivity contribution in [2.45, 2.75) is 38.6 Å². The van der Waals surface area contributed by atoms with E-state index in [1.165, 1.54) is 22.7 Å². The molecule has 2 rings (SSSR count). The molecule has 1 atom stereocenters. The van der Waals surface area contributed by atoms with Gasteiger partial charge in [-0.2, -0.15) is 0 Å². The zero-order chi connectivity index (χ0) is 22.1. The van der Waals surface area contributed by atoms with Crippen LogP contribution in [0.2, 0.25) is 10.0 Å². The van der Waals surface area contributed by atoms with E-state index in [1.54, 1.807) is 31.2 Å². The Morgan fingerprint density at radius 1 is 1.17 bits per heavy atom. The molecule has 0 bridgehead atoms. The number of hydrogen-bond acceptors (Lipinski definition) is 3. The van der Waals surface area contributed by atoms with Crippen molar-refractivity contribution in [3.8, 4) is 0 Å². The van der Waals surface area contributed by atoms with Crippen LogP contribution in [-0.2, 0) is 21.9 Å². The van der Waals surface area contributed by atoms with Gasteiger partial charge in [-0.25, -0.2) is 4.39 Å². The number of nitrogens with zero attached hydrogens (tertiary/aromatic N) is 1. The van der Waals surface area contributed by atoms with Gasteiger partial charge in [-0.3, -0.25) is 9.59 Å². The Hall–Kier alpha value is -1.76. The van der Waals surface area contributed by atoms with Crippen LogP contribution in [0.25, 0.3) is 0 Å². The lowest BCUT2D eigenvalue weighted by Gasteiger charge is -2.28. The first-order chi connectivity index (χ1) is 14.3. The molecule has 0 saturated heterocycles. The summed E-state index contributed by atoms with van der Waals surface area (Å²) < 4.78 is 13.9. The lowest BCUT2D eigenvalue weighted by Crippen LogP contribution is -2.48. The van der Waals surface area contributed by atoms with Crippen molar-refractivity contribution < 1.29 is 14.0 Å². The maximum Gasteiger partial charge on any atom is 0.242 e. The van der Waals surface area contributed by atoms with Crippen molar-refractivity contribution in [1.29, 1.82) is 0 Å². The van der Waals surface area contributed by atoms with Crippen LogP contribution in [-0.4, -0.2) is 35.1 Å². The smallest absolute Gasteiger partial charge is 0.242 e. The summed E-state index contributed by atoms with van der Waals surface area (Å²) in [5, 5.41) is 3.76. The average molecular weight is 471 g/mol. The van der Waals surface area contributed by atoms with Crippen LogP contribution in [0.1, 0.15) is 31.4 Å². The highest BCUT2D eigenvalue weighted by Gasteiger charge is 2.26. The maximum atomic E-state index is 13.9. The number of amides is 2. The molecule has 2 aromatic rings. The second kappa shape index (κ2) is 12.2. The fourth-order valence-corrected chi connectivity index (χ4v) is 4.13. The van der Waals surface area contributed by atoms with Crippen LogP contribution in [0, 0.1) is 5.82 Å². The summed E-state index contributed by atoms with van der Waals surface area (Å²) in [6, 6.07) is 11.0. The van der Waals surface area contributed by atoms with E-state index >= 15 is 0 Å². The summed E-state index contributed by atoms with van der Waals surface area (Å²) in [5.74, 6) is -0.442. The topological polar surface area (TPSA) is 49.4 Å². The Morgan fingerprint density at radius 3 is 2.50 bits per heavy atom. The van der Waals surface area contributed by atoms with Gasteiger partial charge in [-0.05, 0) is 43.2 Å². The molecule has 1 unspecified atom stereocenters. The van der Waals surface area contributed by atoms with Crippen LogP contribution < -0.4 is 5.32 Å². The number of rotatable bonds is 10. The van der Waals surface area contributed by atoms with E-state index in [9.17, 15) is 14.0 Å². The molecule has 0 aliphatic heterocycles. The lowest BCUT2D eigenvalue weighted by molar-refractivity contribution is -0.138. The van der Waals surface area contributed by atoms with E-state index in [0.29, 0.717) is 22.2 Å². The van der Waals surface area contributed by atoms with Crippen molar-refractivity contribution in [1.82, 2.24) is 10.2 Å². The minimum Gasteiger partial charge on any atom is -0.354 e. The standard InChI is InChI=1S/C22H25Cl2FN2O2S/c1-3-11-26-22(29)15(2)27(12-16-7-9-17(23)10-8-16)21(28)14-30-13-18-19(24)5-4-6-20(18)25/h4-10,15H,3,11-14H2,1-2H3,(H,26,29). The number of hydrogen-bond donors (Lipinski definition) is 1. The molecule has 0 spiro atoms. The number of nitrogens with one attached hydrogen (secondary N) is 1. The average Bonchev–Trinajstić information content (AvgIpc) is 2.73. The summed E-state index contributed by atoms with van der Waals surface area (Å²) in [6.07, 6.45) is 0.808. The Morgan fingerprint density at radius 2 is 1.87 bits per heavy atom. The third-order valence-electron chi connectivity index (χ3n) is 4.52. The second-order valence-corrected chi connectivity index (χ2v) is 8.64. The first-order valence-electron chi connectivity index (χ1n) is 9.65. The Bertz CT molecular complexity index is 844. The van der Waals surface area contributed by atoms with Gasteiger partial charge in [0.05, 0.1) is 5.75 Å². The van der Waals surface area contributed by atoms with Gasteiger partial charge in [0.15, 0.2) is 0 Å². The van der Waals surface area contributed by atoms with Gasteiger partial charge in [0, 0.05) is 34.5 Å². The fraction of sp³-hybridized carbons (Fsp3) is 0.364. The number of halogens is 3. The van der Waals surface area contributed by atoms with Crippen LogP contribution in [0.4, 0.5) is 4.39 Å². The minimum atomic E-state index is -0.641. The van der Waals surface area contributed by atoms with Gasteiger partial charge in [0.1, 0.15) is 11.9 Å². The van der Waals surface area contributed by atoms with Crippen molar-refractivity contribution in [3.05, 3.63) is 69.5 Å². The SMILES string of the molecule is CCCNC(=O)C(C)N(Cc1ccc(Cl)cc1)C(=O)CSCc1c(F)cccc1Cl. The molecule has 4 nitrogen and oxygen atoms in total. The van der Waals surface area contributed by atoms with Gasteiger partial charge < -0.3 is 10.2 Å². The molecule has 0 fully saturated rings.